The molecule has 4 aromatic rings. The predicted octanol–water partition coefficient (Wildman–Crippen LogP) is 3.82. The number of nitriles is 1. The normalized spacial score (nSPS) is 11.7. The van der Waals surface area contributed by atoms with Gasteiger partial charge < -0.3 is 15.0 Å². The minimum Gasteiger partial charge on any atom is -0.465 e. The zero-order valence-electron chi connectivity index (χ0n) is 16.2. The van der Waals surface area contributed by atoms with Crippen LogP contribution in [0, 0.1) is 17.2 Å². The largest absolute Gasteiger partial charge is 0.465 e. The second kappa shape index (κ2) is 8.05. The molecule has 7 heteroatoms. The average molecular weight is 398 g/mol. The summed E-state index contributed by atoms with van der Waals surface area (Å²) in [6, 6.07) is 16.4. The van der Waals surface area contributed by atoms with Gasteiger partial charge in [-0.1, -0.05) is 12.1 Å². The fraction of sp³-hybridized carbons (Fsp3) is 0.130. The highest BCUT2D eigenvalue weighted by atomic mass is 16.5. The molecule has 7 nitrogen and oxygen atoms in total. The number of pyridine rings is 1. The van der Waals surface area contributed by atoms with Crippen LogP contribution in [0.15, 0.2) is 60.9 Å². The van der Waals surface area contributed by atoms with E-state index in [0.29, 0.717) is 22.2 Å². The van der Waals surface area contributed by atoms with Crippen molar-refractivity contribution in [1.82, 2.24) is 9.97 Å². The molecule has 1 amide bonds. The number of ether oxygens (including phenoxy) is 1. The van der Waals surface area contributed by atoms with Crippen LogP contribution in [0.1, 0.15) is 15.9 Å². The highest BCUT2D eigenvalue weighted by molar-refractivity contribution is 6.06. The number of H-pyrrole nitrogens is 1. The van der Waals surface area contributed by atoms with Crippen LogP contribution in [0.3, 0.4) is 0 Å². The topological polar surface area (TPSA) is 108 Å². The number of methoxy groups -OCH3 is 1. The summed E-state index contributed by atoms with van der Waals surface area (Å²) in [5, 5.41) is 14.0. The molecular formula is C23H18N4O3. The zero-order valence-corrected chi connectivity index (χ0v) is 16.2. The van der Waals surface area contributed by atoms with Crippen molar-refractivity contribution >= 4 is 39.4 Å². The molecule has 0 aliphatic carbocycles. The number of hydrogen-bond acceptors (Lipinski definition) is 5. The zero-order chi connectivity index (χ0) is 21.1. The molecule has 0 aliphatic heterocycles. The molecule has 2 N–H and O–H groups in total. The lowest BCUT2D eigenvalue weighted by molar-refractivity contribution is -0.118. The van der Waals surface area contributed by atoms with Crippen LogP contribution in [0.4, 0.5) is 5.69 Å². The Balaban J connectivity index is 1.63. The number of rotatable bonds is 5. The number of carbonyl (C=O) groups excluding carboxylic acids is 2. The van der Waals surface area contributed by atoms with E-state index in [1.165, 1.54) is 7.11 Å². The standard InChI is InChI=1S/C23H18N4O3/c1-30-23(29)17-5-2-9-20-21(17)15(13-26-20)11-14(12-24)22(28)27-19-8-3-7-18-16(19)6-4-10-25-18/h2-10,13-14,26H,11H2,1H3,(H,27,28)/t14-/m1/s1. The highest BCUT2D eigenvalue weighted by Crippen LogP contribution is 2.27. The summed E-state index contributed by atoms with van der Waals surface area (Å²) >= 11 is 0. The Bertz CT molecular complexity index is 1300. The Morgan fingerprint density at radius 2 is 2.03 bits per heavy atom. The van der Waals surface area contributed by atoms with E-state index in [1.807, 2.05) is 18.2 Å². The number of amides is 1. The second-order valence-corrected chi connectivity index (χ2v) is 6.78. The highest BCUT2D eigenvalue weighted by Gasteiger charge is 2.23. The van der Waals surface area contributed by atoms with Crippen molar-refractivity contribution in [1.29, 1.82) is 5.26 Å². The third kappa shape index (κ3) is 3.47. The Kier molecular flexibility index (Phi) is 5.14. The van der Waals surface area contributed by atoms with Crippen molar-refractivity contribution in [2.24, 2.45) is 5.92 Å². The maximum atomic E-state index is 12.9. The molecular weight excluding hydrogens is 380 g/mol. The van der Waals surface area contributed by atoms with E-state index in [2.05, 4.69) is 21.4 Å². The monoisotopic (exact) mass is 398 g/mol. The number of nitrogens with one attached hydrogen (secondary N) is 2. The Morgan fingerprint density at radius 3 is 2.83 bits per heavy atom. The first kappa shape index (κ1) is 19.2. The average Bonchev–Trinajstić information content (AvgIpc) is 3.20. The van der Waals surface area contributed by atoms with Crippen LogP contribution in [-0.4, -0.2) is 29.0 Å². The van der Waals surface area contributed by atoms with E-state index < -0.39 is 17.8 Å². The van der Waals surface area contributed by atoms with Crippen LogP contribution in [0.5, 0.6) is 0 Å². The van der Waals surface area contributed by atoms with Crippen molar-refractivity contribution in [3.8, 4) is 6.07 Å². The summed E-state index contributed by atoms with van der Waals surface area (Å²) < 4.78 is 4.86. The summed E-state index contributed by atoms with van der Waals surface area (Å²) in [6.07, 6.45) is 3.55. The van der Waals surface area contributed by atoms with Gasteiger partial charge in [-0.2, -0.15) is 5.26 Å². The molecule has 0 fully saturated rings. The molecule has 0 radical (unpaired) electrons. The van der Waals surface area contributed by atoms with E-state index >= 15 is 0 Å². The quantitative estimate of drug-likeness (QED) is 0.497. The molecule has 0 spiro atoms. The molecule has 148 valence electrons. The van der Waals surface area contributed by atoms with Crippen LogP contribution < -0.4 is 5.32 Å². The fourth-order valence-electron chi connectivity index (χ4n) is 3.55. The minimum atomic E-state index is -0.943. The number of carbonyl (C=O) groups is 2. The summed E-state index contributed by atoms with van der Waals surface area (Å²) in [4.78, 5) is 32.4. The molecule has 0 bridgehead atoms. The Morgan fingerprint density at radius 1 is 1.20 bits per heavy atom. The van der Waals surface area contributed by atoms with Gasteiger partial charge in [-0.05, 0) is 48.4 Å². The third-order valence-electron chi connectivity index (χ3n) is 4.99. The molecule has 0 unspecified atom stereocenters. The number of nitrogens with zero attached hydrogens (tertiary/aromatic N) is 2. The molecule has 0 saturated heterocycles. The van der Waals surface area contributed by atoms with Crippen molar-refractivity contribution in [3.63, 3.8) is 0 Å². The van der Waals surface area contributed by atoms with Crippen LogP contribution in [-0.2, 0) is 16.0 Å². The second-order valence-electron chi connectivity index (χ2n) is 6.78. The summed E-state index contributed by atoms with van der Waals surface area (Å²) in [7, 11) is 1.32. The first-order valence-electron chi connectivity index (χ1n) is 9.34. The number of fused-ring (bicyclic) bond motifs is 2. The number of anilines is 1. The van der Waals surface area contributed by atoms with E-state index in [1.54, 1.807) is 42.7 Å². The van der Waals surface area contributed by atoms with E-state index in [0.717, 1.165) is 16.4 Å². The lowest BCUT2D eigenvalue weighted by Crippen LogP contribution is -2.23. The van der Waals surface area contributed by atoms with Crippen LogP contribution >= 0.6 is 0 Å². The smallest absolute Gasteiger partial charge is 0.338 e. The summed E-state index contributed by atoms with van der Waals surface area (Å²) in [6.45, 7) is 0. The van der Waals surface area contributed by atoms with Crippen molar-refractivity contribution in [2.75, 3.05) is 12.4 Å². The predicted molar refractivity (Wildman–Crippen MR) is 113 cm³/mol. The number of aromatic amines is 1. The van der Waals surface area contributed by atoms with Gasteiger partial charge in [0.05, 0.1) is 29.9 Å². The maximum Gasteiger partial charge on any atom is 0.338 e. The van der Waals surface area contributed by atoms with Crippen molar-refractivity contribution < 1.29 is 14.3 Å². The lowest BCUT2D eigenvalue weighted by Gasteiger charge is -2.12. The van der Waals surface area contributed by atoms with Crippen LogP contribution in [0.2, 0.25) is 0 Å². The Labute approximate surface area is 172 Å². The van der Waals surface area contributed by atoms with E-state index in [-0.39, 0.29) is 6.42 Å². The van der Waals surface area contributed by atoms with Gasteiger partial charge in [-0.3, -0.25) is 9.78 Å². The van der Waals surface area contributed by atoms with Gasteiger partial charge in [0.2, 0.25) is 5.91 Å². The Hall–Kier alpha value is -4.18. The van der Waals surface area contributed by atoms with Gasteiger partial charge >= 0.3 is 5.97 Å². The molecule has 2 heterocycles. The van der Waals surface area contributed by atoms with Gasteiger partial charge in [-0.25, -0.2) is 4.79 Å². The molecule has 0 aliphatic rings. The first-order valence-corrected chi connectivity index (χ1v) is 9.34. The SMILES string of the molecule is COC(=O)c1cccc2[nH]cc(C[C@H](C#N)C(=O)Nc3cccc4ncccc34)c12. The molecule has 1 atom stereocenters. The lowest BCUT2D eigenvalue weighted by atomic mass is 9.97. The molecule has 2 aromatic heterocycles. The van der Waals surface area contributed by atoms with Gasteiger partial charge in [0.1, 0.15) is 5.92 Å². The first-order chi connectivity index (χ1) is 14.6. The van der Waals surface area contributed by atoms with Gasteiger partial charge in [0.15, 0.2) is 0 Å². The number of hydrogen-bond donors (Lipinski definition) is 2. The van der Waals surface area contributed by atoms with Gasteiger partial charge in [0, 0.05) is 28.7 Å². The molecule has 4 rings (SSSR count). The van der Waals surface area contributed by atoms with Gasteiger partial charge in [-0.15, -0.1) is 0 Å². The molecule has 2 aromatic carbocycles. The van der Waals surface area contributed by atoms with Crippen molar-refractivity contribution in [3.05, 3.63) is 72.1 Å². The number of esters is 1. The summed E-state index contributed by atoms with van der Waals surface area (Å²) in [5.41, 5.74) is 3.18. The van der Waals surface area contributed by atoms with Crippen LogP contribution in [0.25, 0.3) is 21.8 Å². The van der Waals surface area contributed by atoms with E-state index in [9.17, 15) is 14.9 Å². The molecule has 30 heavy (non-hydrogen) atoms. The minimum absolute atomic E-state index is 0.152. The number of benzene rings is 2. The summed E-state index contributed by atoms with van der Waals surface area (Å²) in [5.74, 6) is -1.83. The van der Waals surface area contributed by atoms with Crippen molar-refractivity contribution in [2.45, 2.75) is 6.42 Å². The maximum absolute atomic E-state index is 12.9. The number of aromatic nitrogens is 2. The van der Waals surface area contributed by atoms with Gasteiger partial charge in [0.25, 0.3) is 0 Å². The third-order valence-corrected chi connectivity index (χ3v) is 4.99. The molecule has 0 saturated carbocycles. The fourth-order valence-corrected chi connectivity index (χ4v) is 3.55. The van der Waals surface area contributed by atoms with E-state index in [4.69, 9.17) is 4.74 Å².